The number of aliphatic hydroxyl groups is 1. The number of allylic oxidation sites excluding steroid dienone is 20. The molecule has 102 heavy (non-hydrogen) atoms. The SMILES string of the molecule is CC/C=C\C/C=C\C/C=C\C/C=C\C/C=C\CCCC(=O)OCC(COP(=O)(O)OCC(O)COP(=O)(O)OCC(COC(=O)CCCC/C=C\C/C=C\C/C=C\C/C=C\CC)OC(=O)CCCCCCC/C=C\CCCCCCCC)OC(=O)CCCCCCCCCCCCCCCCC. The molecule has 0 saturated carbocycles. The van der Waals surface area contributed by atoms with Gasteiger partial charge in [-0.3, -0.25) is 37.3 Å². The van der Waals surface area contributed by atoms with E-state index in [4.69, 9.17) is 37.0 Å². The lowest BCUT2D eigenvalue weighted by atomic mass is 10.0. The number of carbonyl (C=O) groups is 4. The molecule has 0 aromatic carbocycles. The quantitative estimate of drug-likeness (QED) is 0.0169. The third-order valence-corrected chi connectivity index (χ3v) is 18.3. The Morgan fingerprint density at radius 2 is 0.520 bits per heavy atom. The first kappa shape index (κ1) is 97.5. The molecule has 0 aliphatic carbocycles. The molecule has 3 N–H and O–H groups in total. The molecule has 0 radical (unpaired) electrons. The topological polar surface area (TPSA) is 237 Å². The van der Waals surface area contributed by atoms with Gasteiger partial charge in [0.05, 0.1) is 26.4 Å². The Bertz CT molecular complexity index is 2410. The minimum atomic E-state index is -4.99. The minimum Gasteiger partial charge on any atom is -0.462 e. The number of esters is 4. The molecule has 0 saturated heterocycles. The van der Waals surface area contributed by atoms with Crippen LogP contribution in [0.2, 0.25) is 0 Å². The zero-order valence-electron chi connectivity index (χ0n) is 64.0. The van der Waals surface area contributed by atoms with Gasteiger partial charge in [0.25, 0.3) is 0 Å². The van der Waals surface area contributed by atoms with E-state index in [0.717, 1.165) is 135 Å². The van der Waals surface area contributed by atoms with Crippen molar-refractivity contribution < 1.29 is 80.2 Å². The van der Waals surface area contributed by atoms with Gasteiger partial charge in [0, 0.05) is 25.7 Å². The maximum absolute atomic E-state index is 13.1. The van der Waals surface area contributed by atoms with Crippen molar-refractivity contribution in [2.24, 2.45) is 0 Å². The average molecular weight is 1470 g/mol. The second-order valence-electron chi connectivity index (χ2n) is 26.2. The van der Waals surface area contributed by atoms with Gasteiger partial charge in [-0.2, -0.15) is 0 Å². The zero-order valence-corrected chi connectivity index (χ0v) is 65.8. The lowest BCUT2D eigenvalue weighted by Gasteiger charge is -2.21. The highest BCUT2D eigenvalue weighted by Gasteiger charge is 2.30. The van der Waals surface area contributed by atoms with Gasteiger partial charge in [0.2, 0.25) is 0 Å². The molecule has 17 nitrogen and oxygen atoms in total. The van der Waals surface area contributed by atoms with Crippen LogP contribution in [0.1, 0.15) is 323 Å². The van der Waals surface area contributed by atoms with Crippen LogP contribution < -0.4 is 0 Å². The van der Waals surface area contributed by atoms with Gasteiger partial charge >= 0.3 is 39.5 Å². The Labute approximate surface area is 619 Å². The van der Waals surface area contributed by atoms with E-state index in [0.29, 0.717) is 32.1 Å². The van der Waals surface area contributed by atoms with Crippen molar-refractivity contribution in [1.29, 1.82) is 0 Å². The molecule has 19 heteroatoms. The minimum absolute atomic E-state index is 0.0735. The van der Waals surface area contributed by atoms with E-state index in [1.165, 1.54) is 103 Å². The van der Waals surface area contributed by atoms with Crippen LogP contribution in [-0.2, 0) is 65.4 Å². The molecular weight excluding hydrogens is 1330 g/mol. The number of hydrogen-bond acceptors (Lipinski definition) is 15. The predicted octanol–water partition coefficient (Wildman–Crippen LogP) is 23.1. The van der Waals surface area contributed by atoms with Crippen molar-refractivity contribution in [3.05, 3.63) is 122 Å². The van der Waals surface area contributed by atoms with Crippen molar-refractivity contribution in [2.75, 3.05) is 39.6 Å². The summed E-state index contributed by atoms with van der Waals surface area (Å²) in [5, 5.41) is 10.6. The number of ether oxygens (including phenoxy) is 4. The van der Waals surface area contributed by atoms with Gasteiger partial charge in [-0.05, 0) is 128 Å². The monoisotopic (exact) mass is 1470 g/mol. The Morgan fingerprint density at radius 1 is 0.284 bits per heavy atom. The highest BCUT2D eigenvalue weighted by atomic mass is 31.2. The standard InChI is InChI=1S/C83H142O17P2/c1-5-9-13-17-21-25-29-33-37-38-42-44-48-52-56-60-64-68-81(86)94-74-79(100-83(88)70-66-62-58-54-50-46-41-36-32-28-24-20-16-12-8-4)76-98-102(91,92)96-72-77(84)71-95-101(89,90)97-75-78(99-82(87)69-65-61-57-53-49-45-40-35-31-27-23-19-15-11-7-3)73-93-80(85)67-63-59-55-51-47-43-39-34-30-26-22-18-14-10-6-2/h9-10,13-14,21-22,25-26,33-35,37,39-40,42,44,47,51-52,56,77-79,84H,5-8,11-12,15-20,23-24,27-32,36,38,41,43,45-46,48-50,53-55,57-76H2,1-4H3,(H,89,90)(H,91,92)/b13-9-,14-10-,25-21-,26-22-,37-33-,39-34-,40-35-,44-42-,51-47-,56-52-. The van der Waals surface area contributed by atoms with Crippen LogP contribution in [0.15, 0.2) is 122 Å². The maximum Gasteiger partial charge on any atom is 0.472 e. The maximum atomic E-state index is 13.1. The summed E-state index contributed by atoms with van der Waals surface area (Å²) < 4.78 is 68.5. The molecule has 0 amide bonds. The van der Waals surface area contributed by atoms with E-state index in [9.17, 15) is 43.2 Å². The Hall–Kier alpha value is -4.54. The molecule has 0 aliphatic rings. The molecule has 0 bridgehead atoms. The lowest BCUT2D eigenvalue weighted by Crippen LogP contribution is -2.30. The van der Waals surface area contributed by atoms with E-state index >= 15 is 0 Å². The van der Waals surface area contributed by atoms with Crippen LogP contribution in [0.3, 0.4) is 0 Å². The van der Waals surface area contributed by atoms with Crippen molar-refractivity contribution in [3.63, 3.8) is 0 Å². The van der Waals surface area contributed by atoms with Gasteiger partial charge in [-0.15, -0.1) is 0 Å². The van der Waals surface area contributed by atoms with Crippen LogP contribution in [0.4, 0.5) is 0 Å². The fourth-order valence-electron chi connectivity index (χ4n) is 10.4. The van der Waals surface area contributed by atoms with Gasteiger partial charge in [-0.1, -0.05) is 290 Å². The first-order valence-corrected chi connectivity index (χ1v) is 42.8. The van der Waals surface area contributed by atoms with E-state index < -0.39 is 97.5 Å². The largest absolute Gasteiger partial charge is 0.472 e. The molecule has 5 atom stereocenters. The van der Waals surface area contributed by atoms with Crippen molar-refractivity contribution in [1.82, 2.24) is 0 Å². The normalized spacial score (nSPS) is 14.5. The van der Waals surface area contributed by atoms with Crippen LogP contribution >= 0.6 is 15.6 Å². The van der Waals surface area contributed by atoms with E-state index in [-0.39, 0.29) is 25.7 Å². The molecule has 586 valence electrons. The number of rotatable bonds is 74. The zero-order chi connectivity index (χ0) is 74.6. The number of carbonyl (C=O) groups excluding carboxylic acids is 4. The predicted molar refractivity (Wildman–Crippen MR) is 418 cm³/mol. The van der Waals surface area contributed by atoms with E-state index in [1.54, 1.807) is 0 Å². The number of phosphoric acid groups is 2. The molecular formula is C83H142O17P2. The molecule has 0 heterocycles. The number of hydrogen-bond donors (Lipinski definition) is 3. The summed E-state index contributed by atoms with van der Waals surface area (Å²) in [5.41, 5.74) is 0. The van der Waals surface area contributed by atoms with Gasteiger partial charge in [0.15, 0.2) is 12.2 Å². The molecule has 0 spiro atoms. The summed E-state index contributed by atoms with van der Waals surface area (Å²) in [4.78, 5) is 73.0. The summed E-state index contributed by atoms with van der Waals surface area (Å²) in [6.07, 6.45) is 81.9. The van der Waals surface area contributed by atoms with Crippen LogP contribution in [0, 0.1) is 0 Å². The summed E-state index contributed by atoms with van der Waals surface area (Å²) >= 11 is 0. The molecule has 0 aromatic heterocycles. The third-order valence-electron chi connectivity index (χ3n) is 16.4. The fraction of sp³-hybridized carbons (Fsp3) is 0.711. The smallest absolute Gasteiger partial charge is 0.462 e. The second-order valence-corrected chi connectivity index (χ2v) is 29.2. The van der Waals surface area contributed by atoms with Gasteiger partial charge in [0.1, 0.15) is 19.3 Å². The fourth-order valence-corrected chi connectivity index (χ4v) is 12.0. The summed E-state index contributed by atoms with van der Waals surface area (Å²) in [6.45, 7) is 4.55. The van der Waals surface area contributed by atoms with Gasteiger partial charge in [-0.25, -0.2) is 9.13 Å². The molecule has 5 unspecified atom stereocenters. The van der Waals surface area contributed by atoms with E-state index in [2.05, 4.69) is 137 Å². The van der Waals surface area contributed by atoms with Crippen molar-refractivity contribution in [3.8, 4) is 0 Å². The van der Waals surface area contributed by atoms with Crippen LogP contribution in [0.5, 0.6) is 0 Å². The summed E-state index contributed by atoms with van der Waals surface area (Å²) in [7, 11) is -9.98. The van der Waals surface area contributed by atoms with E-state index in [1.807, 2.05) is 12.2 Å². The summed E-state index contributed by atoms with van der Waals surface area (Å²) in [6, 6.07) is 0. The lowest BCUT2D eigenvalue weighted by molar-refractivity contribution is -0.161. The number of aliphatic hydroxyl groups excluding tert-OH is 1. The van der Waals surface area contributed by atoms with Crippen LogP contribution in [-0.4, -0.2) is 96.7 Å². The first-order chi connectivity index (χ1) is 49.7. The third kappa shape index (κ3) is 73.8. The van der Waals surface area contributed by atoms with Crippen LogP contribution in [0.25, 0.3) is 0 Å². The Kier molecular flexibility index (Phi) is 71.4. The van der Waals surface area contributed by atoms with Gasteiger partial charge < -0.3 is 33.8 Å². The number of unbranched alkanes of at least 4 members (excludes halogenated alkanes) is 28. The molecule has 0 rings (SSSR count). The highest BCUT2D eigenvalue weighted by Crippen LogP contribution is 2.45. The second kappa shape index (κ2) is 74.7. The highest BCUT2D eigenvalue weighted by molar-refractivity contribution is 7.47. The Balaban J connectivity index is 5.44. The summed E-state index contributed by atoms with van der Waals surface area (Å²) in [5.74, 6) is -2.29. The van der Waals surface area contributed by atoms with Crippen molar-refractivity contribution >= 4 is 39.5 Å². The molecule has 0 fully saturated rings. The van der Waals surface area contributed by atoms with Crippen molar-refractivity contribution in [2.45, 2.75) is 341 Å². The first-order valence-electron chi connectivity index (χ1n) is 39.8. The Morgan fingerprint density at radius 3 is 0.853 bits per heavy atom. The number of phosphoric ester groups is 2. The average Bonchev–Trinajstić information content (AvgIpc) is 0.923. The molecule has 0 aliphatic heterocycles. The molecule has 0 aromatic rings.